The minimum absolute atomic E-state index is 0.472. The predicted molar refractivity (Wildman–Crippen MR) is 73.5 cm³/mol. The van der Waals surface area contributed by atoms with E-state index in [0.29, 0.717) is 66.9 Å². The van der Waals surface area contributed by atoms with Crippen LogP contribution in [-0.4, -0.2) is 82.3 Å². The van der Waals surface area contributed by atoms with Gasteiger partial charge in [-0.2, -0.15) is 0 Å². The van der Waals surface area contributed by atoms with Gasteiger partial charge in [0.15, 0.2) is 0 Å². The first kappa shape index (κ1) is 18.7. The minimum atomic E-state index is -3.67. The van der Waals surface area contributed by atoms with Crippen LogP contribution in [0.25, 0.3) is 0 Å². The second-order valence-electron chi connectivity index (χ2n) is 4.53. The molecule has 1 aliphatic rings. The molecule has 0 saturated carbocycles. The van der Waals surface area contributed by atoms with E-state index in [0.717, 1.165) is 19.3 Å². The van der Waals surface area contributed by atoms with Crippen LogP contribution in [0.4, 0.5) is 12.9 Å². The van der Waals surface area contributed by atoms with Crippen molar-refractivity contribution in [1.82, 2.24) is 4.31 Å². The topological polar surface area (TPSA) is 37.4 Å². The average molecular weight is 331 g/mol. The Hall–Kier alpha value is 0.621. The van der Waals surface area contributed by atoms with Gasteiger partial charge in [-0.25, -0.2) is 0 Å². The molecule has 3 nitrogen and oxygen atoms in total. The van der Waals surface area contributed by atoms with Gasteiger partial charge >= 0.3 is 140 Å². The molecule has 0 spiro atoms. The predicted octanol–water partition coefficient (Wildman–Crippen LogP) is 1.53. The van der Waals surface area contributed by atoms with Gasteiger partial charge in [-0.15, -0.1) is 0 Å². The molecule has 9 heteroatoms. The maximum absolute atomic E-state index is 12.3. The quantitative estimate of drug-likeness (QED) is 0.771. The van der Waals surface area contributed by atoms with Crippen molar-refractivity contribution in [2.45, 2.75) is 24.2 Å². The summed E-state index contributed by atoms with van der Waals surface area (Å²) in [6.07, 6.45) is 3.13. The number of benzene rings is 1. The SMILES string of the molecule is FB(F)F.O=S(=O)(c1ccc[c]([K])c1)N1CCCCC1. The van der Waals surface area contributed by atoms with E-state index in [1.807, 2.05) is 18.2 Å². The van der Waals surface area contributed by atoms with E-state index in [4.69, 9.17) is 0 Å². The Morgan fingerprint density at radius 1 is 1.10 bits per heavy atom. The van der Waals surface area contributed by atoms with E-state index in [2.05, 4.69) is 0 Å². The summed E-state index contributed by atoms with van der Waals surface area (Å²) in [7, 11) is -6.89. The Labute approximate surface area is 151 Å². The molecule has 20 heavy (non-hydrogen) atoms. The van der Waals surface area contributed by atoms with Crippen LogP contribution in [0.2, 0.25) is 0 Å². The fourth-order valence-electron chi connectivity index (χ4n) is 2.03. The average Bonchev–Trinajstić information content (AvgIpc) is 2.39. The Morgan fingerprint density at radius 3 is 2.15 bits per heavy atom. The molecule has 1 aliphatic heterocycles. The monoisotopic (exact) mass is 331 g/mol. The molecular formula is C11H14BF3KNO2S. The van der Waals surface area contributed by atoms with Gasteiger partial charge in [-0.05, 0) is 0 Å². The second-order valence-corrected chi connectivity index (χ2v) is 8.27. The summed E-state index contributed by atoms with van der Waals surface area (Å²) < 4.78 is 56.4. The number of nitrogens with zero attached hydrogens (tertiary/aromatic N) is 1. The molecule has 2 rings (SSSR count). The fraction of sp³-hybridized carbons (Fsp3) is 0.455. The molecule has 1 aromatic carbocycles. The summed E-state index contributed by atoms with van der Waals surface area (Å²) in [5.41, 5.74) is 0. The first-order valence-corrected chi connectivity index (χ1v) is 9.33. The first-order valence-electron chi connectivity index (χ1n) is 6.33. The molecule has 0 atom stereocenters. The van der Waals surface area contributed by atoms with Crippen LogP contribution in [0.5, 0.6) is 0 Å². The van der Waals surface area contributed by atoms with Gasteiger partial charge in [0.2, 0.25) is 0 Å². The molecule has 0 aliphatic carbocycles. The molecule has 106 valence electrons. The van der Waals surface area contributed by atoms with Crippen molar-refractivity contribution in [2.24, 2.45) is 0 Å². The van der Waals surface area contributed by atoms with E-state index in [-0.39, 0.29) is 0 Å². The summed E-state index contributed by atoms with van der Waals surface area (Å²) in [5.74, 6) is 0. The normalized spacial score (nSPS) is 16.2. The number of sulfonamides is 1. The fourth-order valence-corrected chi connectivity index (χ4v) is 4.77. The standard InChI is InChI=1S/C11H14NO2S.BF3.K/c13-15(14,11-7-3-1-4-8-11)12-9-5-2-6-10-12;2-1(3)4;/h1,3,7-8H,2,5-6,9-10H2;;. The summed E-state index contributed by atoms with van der Waals surface area (Å²) >= 11 is 0.528. The van der Waals surface area contributed by atoms with Gasteiger partial charge in [-0.1, -0.05) is 0 Å². The Bertz CT molecular complexity index is 521. The van der Waals surface area contributed by atoms with E-state index >= 15 is 0 Å². The van der Waals surface area contributed by atoms with Crippen LogP contribution in [-0.2, 0) is 10.0 Å². The number of halogens is 3. The third-order valence-electron chi connectivity index (χ3n) is 2.94. The molecule has 1 heterocycles. The molecular weight excluding hydrogens is 317 g/mol. The van der Waals surface area contributed by atoms with Gasteiger partial charge < -0.3 is 0 Å². The summed E-state index contributed by atoms with van der Waals surface area (Å²) in [4.78, 5) is 0.472. The third-order valence-corrected chi connectivity index (χ3v) is 5.81. The molecule has 1 fully saturated rings. The zero-order chi connectivity index (χ0) is 15.2. The van der Waals surface area contributed by atoms with Crippen molar-refractivity contribution < 1.29 is 21.4 Å². The Morgan fingerprint density at radius 2 is 1.65 bits per heavy atom. The summed E-state index contributed by atoms with van der Waals surface area (Å²) in [6.45, 7) is 1.36. The van der Waals surface area contributed by atoms with Crippen molar-refractivity contribution in [3.8, 4) is 0 Å². The van der Waals surface area contributed by atoms with Gasteiger partial charge in [-0.3, -0.25) is 12.9 Å². The zero-order valence-electron chi connectivity index (χ0n) is 11.2. The van der Waals surface area contributed by atoms with E-state index in [9.17, 15) is 21.4 Å². The maximum atomic E-state index is 12.3. The zero-order valence-corrected chi connectivity index (χ0v) is 15.2. The first-order chi connectivity index (χ1) is 9.34. The van der Waals surface area contributed by atoms with Crippen LogP contribution < -0.4 is -0.342 Å². The van der Waals surface area contributed by atoms with Crippen LogP contribution in [0.15, 0.2) is 29.2 Å². The van der Waals surface area contributed by atoms with Crippen molar-refractivity contribution in [3.05, 3.63) is 24.3 Å². The molecule has 0 bridgehead atoms. The van der Waals surface area contributed by atoms with E-state index < -0.39 is 17.6 Å². The van der Waals surface area contributed by atoms with Crippen LogP contribution in [0.1, 0.15) is 19.3 Å². The van der Waals surface area contributed by atoms with E-state index in [1.54, 1.807) is 10.4 Å². The van der Waals surface area contributed by atoms with Crippen LogP contribution in [0, 0.1) is 0 Å². The Kier molecular flexibility index (Phi) is 8.32. The number of hydrogen-bond acceptors (Lipinski definition) is 2. The van der Waals surface area contributed by atoms with Gasteiger partial charge in [0.05, 0.1) is 0 Å². The third kappa shape index (κ3) is 6.17. The molecule has 0 amide bonds. The van der Waals surface area contributed by atoms with E-state index in [1.165, 1.54) is -0.342 Å². The summed E-state index contributed by atoms with van der Waals surface area (Å²) in [6, 6.07) is 7.37. The van der Waals surface area contributed by atoms with Crippen LogP contribution >= 0.6 is 0 Å². The number of hydrogen-bond donors (Lipinski definition) is 0. The molecule has 0 radical (unpaired) electrons. The van der Waals surface area contributed by atoms with Gasteiger partial charge in [0, 0.05) is 0 Å². The number of piperidine rings is 1. The van der Waals surface area contributed by atoms with Crippen molar-refractivity contribution in [1.29, 1.82) is 0 Å². The van der Waals surface area contributed by atoms with Gasteiger partial charge in [0.1, 0.15) is 0 Å². The molecule has 0 N–H and O–H groups in total. The van der Waals surface area contributed by atoms with Crippen molar-refractivity contribution in [2.75, 3.05) is 13.1 Å². The summed E-state index contributed by atoms with van der Waals surface area (Å²) in [5, 5.41) is 0. The molecule has 0 aromatic heterocycles. The van der Waals surface area contributed by atoms with Crippen molar-refractivity contribution in [3.63, 3.8) is 0 Å². The van der Waals surface area contributed by atoms with Gasteiger partial charge in [0.25, 0.3) is 0 Å². The Balaban J connectivity index is 0.000000444. The molecule has 0 unspecified atom stereocenters. The molecule has 1 aromatic rings. The van der Waals surface area contributed by atoms with Crippen molar-refractivity contribution >= 4 is 66.2 Å². The van der Waals surface area contributed by atoms with Crippen LogP contribution in [0.3, 0.4) is 0 Å². The second kappa shape index (κ2) is 8.92. The molecule has 1 saturated heterocycles. The number of rotatable bonds is 2.